The average Bonchev–Trinajstić information content (AvgIpc) is 3.06. The summed E-state index contributed by atoms with van der Waals surface area (Å²) in [7, 11) is 1.76. The van der Waals surface area contributed by atoms with E-state index in [4.69, 9.17) is 4.74 Å². The SMILES string of the molecule is CN1C(=O)C(CCNC(=O)C2CCCC2)Oc2ccccc21. The zero-order chi connectivity index (χ0) is 15.5. The minimum atomic E-state index is -0.524. The van der Waals surface area contributed by atoms with Crippen LogP contribution in [-0.4, -0.2) is 31.5 Å². The van der Waals surface area contributed by atoms with Crippen LogP contribution in [-0.2, 0) is 9.59 Å². The minimum Gasteiger partial charge on any atom is -0.478 e. The molecule has 2 aliphatic rings. The molecule has 0 spiro atoms. The molecule has 118 valence electrons. The van der Waals surface area contributed by atoms with E-state index in [0.29, 0.717) is 13.0 Å². The molecule has 1 atom stereocenters. The Morgan fingerprint density at radius 1 is 1.32 bits per heavy atom. The first-order chi connectivity index (χ1) is 10.7. The number of likely N-dealkylation sites (N-methyl/N-ethyl adjacent to an activating group) is 1. The van der Waals surface area contributed by atoms with Crippen molar-refractivity contribution in [3.05, 3.63) is 24.3 Å². The van der Waals surface area contributed by atoms with E-state index in [1.165, 1.54) is 0 Å². The summed E-state index contributed by atoms with van der Waals surface area (Å²) in [5.74, 6) is 0.937. The van der Waals surface area contributed by atoms with Crippen LogP contribution in [0, 0.1) is 5.92 Å². The van der Waals surface area contributed by atoms with Crippen LogP contribution < -0.4 is 15.0 Å². The van der Waals surface area contributed by atoms with Gasteiger partial charge in [-0.1, -0.05) is 25.0 Å². The van der Waals surface area contributed by atoms with Crippen LogP contribution in [0.1, 0.15) is 32.1 Å². The highest BCUT2D eigenvalue weighted by Gasteiger charge is 2.32. The number of nitrogens with one attached hydrogen (secondary N) is 1. The summed E-state index contributed by atoms with van der Waals surface area (Å²) >= 11 is 0. The summed E-state index contributed by atoms with van der Waals surface area (Å²) in [6, 6.07) is 7.50. The first-order valence-corrected chi connectivity index (χ1v) is 7.98. The minimum absolute atomic E-state index is 0.0613. The van der Waals surface area contributed by atoms with Crippen molar-refractivity contribution < 1.29 is 14.3 Å². The maximum atomic E-state index is 12.3. The summed E-state index contributed by atoms with van der Waals surface area (Å²) in [6.45, 7) is 0.474. The Labute approximate surface area is 130 Å². The highest BCUT2D eigenvalue weighted by atomic mass is 16.5. The number of rotatable bonds is 4. The summed E-state index contributed by atoms with van der Waals surface area (Å²) in [6.07, 6.45) is 4.23. The first-order valence-electron chi connectivity index (χ1n) is 7.98. The Balaban J connectivity index is 1.55. The van der Waals surface area contributed by atoms with Crippen molar-refractivity contribution in [2.75, 3.05) is 18.5 Å². The highest BCUT2D eigenvalue weighted by Crippen LogP contribution is 2.33. The number of hydrogen-bond donors (Lipinski definition) is 1. The van der Waals surface area contributed by atoms with Crippen molar-refractivity contribution in [2.45, 2.75) is 38.2 Å². The normalized spacial score (nSPS) is 21.4. The zero-order valence-corrected chi connectivity index (χ0v) is 12.9. The molecule has 1 aromatic rings. The van der Waals surface area contributed by atoms with E-state index in [1.807, 2.05) is 24.3 Å². The van der Waals surface area contributed by atoms with E-state index in [2.05, 4.69) is 5.32 Å². The lowest BCUT2D eigenvalue weighted by Crippen LogP contribution is -2.45. The Morgan fingerprint density at radius 3 is 2.82 bits per heavy atom. The molecule has 1 fully saturated rings. The number of nitrogens with zero attached hydrogens (tertiary/aromatic N) is 1. The molecule has 1 heterocycles. The number of anilines is 1. The standard InChI is InChI=1S/C17H22N2O3/c1-19-13-8-4-5-9-14(13)22-15(17(19)21)10-11-18-16(20)12-6-2-3-7-12/h4-5,8-9,12,15H,2-3,6-7,10-11H2,1H3,(H,18,20). The number of carbonyl (C=O) groups excluding carboxylic acids is 2. The van der Waals surface area contributed by atoms with Gasteiger partial charge in [0.25, 0.3) is 5.91 Å². The van der Waals surface area contributed by atoms with E-state index in [9.17, 15) is 9.59 Å². The van der Waals surface area contributed by atoms with E-state index in [-0.39, 0.29) is 17.7 Å². The van der Waals surface area contributed by atoms with Gasteiger partial charge < -0.3 is 15.0 Å². The summed E-state index contributed by atoms with van der Waals surface area (Å²) < 4.78 is 5.78. The van der Waals surface area contributed by atoms with Gasteiger partial charge in [0.15, 0.2) is 6.10 Å². The third-order valence-corrected chi connectivity index (χ3v) is 4.53. The number of amides is 2. The number of carbonyl (C=O) groups is 2. The van der Waals surface area contributed by atoms with Gasteiger partial charge in [0.1, 0.15) is 5.75 Å². The first kappa shape index (κ1) is 14.9. The average molecular weight is 302 g/mol. The van der Waals surface area contributed by atoms with Crippen LogP contribution in [0.4, 0.5) is 5.69 Å². The van der Waals surface area contributed by atoms with E-state index in [1.54, 1.807) is 11.9 Å². The van der Waals surface area contributed by atoms with E-state index >= 15 is 0 Å². The fourth-order valence-corrected chi connectivity index (χ4v) is 3.21. The van der Waals surface area contributed by atoms with Crippen molar-refractivity contribution in [1.82, 2.24) is 5.32 Å². The van der Waals surface area contributed by atoms with Crippen molar-refractivity contribution in [2.24, 2.45) is 5.92 Å². The fraction of sp³-hybridized carbons (Fsp3) is 0.529. The van der Waals surface area contributed by atoms with Gasteiger partial charge in [0.05, 0.1) is 5.69 Å². The molecular formula is C17H22N2O3. The molecule has 5 heteroatoms. The quantitative estimate of drug-likeness (QED) is 0.926. The highest BCUT2D eigenvalue weighted by molar-refractivity contribution is 5.99. The van der Waals surface area contributed by atoms with E-state index in [0.717, 1.165) is 37.1 Å². The van der Waals surface area contributed by atoms with Gasteiger partial charge in [-0.05, 0) is 25.0 Å². The number of para-hydroxylation sites is 2. The maximum Gasteiger partial charge on any atom is 0.267 e. The Hall–Kier alpha value is -2.04. The molecule has 1 aliphatic heterocycles. The smallest absolute Gasteiger partial charge is 0.267 e. The Bertz CT molecular complexity index is 567. The van der Waals surface area contributed by atoms with Crippen molar-refractivity contribution in [1.29, 1.82) is 0 Å². The van der Waals surface area contributed by atoms with Gasteiger partial charge in [-0.15, -0.1) is 0 Å². The van der Waals surface area contributed by atoms with Gasteiger partial charge >= 0.3 is 0 Å². The van der Waals surface area contributed by atoms with Gasteiger partial charge in [0, 0.05) is 25.9 Å². The fourth-order valence-electron chi connectivity index (χ4n) is 3.21. The molecule has 5 nitrogen and oxygen atoms in total. The summed E-state index contributed by atoms with van der Waals surface area (Å²) in [4.78, 5) is 25.9. The molecule has 1 unspecified atom stereocenters. The van der Waals surface area contributed by atoms with Crippen LogP contribution in [0.15, 0.2) is 24.3 Å². The number of benzene rings is 1. The van der Waals surface area contributed by atoms with Gasteiger partial charge in [-0.2, -0.15) is 0 Å². The molecule has 0 bridgehead atoms. The lowest BCUT2D eigenvalue weighted by atomic mass is 10.1. The molecule has 1 aliphatic carbocycles. The predicted molar refractivity (Wildman–Crippen MR) is 83.9 cm³/mol. The second-order valence-corrected chi connectivity index (χ2v) is 6.03. The zero-order valence-electron chi connectivity index (χ0n) is 12.9. The van der Waals surface area contributed by atoms with Gasteiger partial charge in [0.2, 0.25) is 5.91 Å². The van der Waals surface area contributed by atoms with Gasteiger partial charge in [-0.3, -0.25) is 9.59 Å². The maximum absolute atomic E-state index is 12.3. The molecule has 3 rings (SSSR count). The van der Waals surface area contributed by atoms with Crippen LogP contribution in [0.25, 0.3) is 0 Å². The van der Waals surface area contributed by atoms with Crippen LogP contribution in [0.2, 0.25) is 0 Å². The summed E-state index contributed by atoms with van der Waals surface area (Å²) in [5, 5.41) is 2.94. The van der Waals surface area contributed by atoms with Crippen molar-refractivity contribution in [3.8, 4) is 5.75 Å². The van der Waals surface area contributed by atoms with Crippen molar-refractivity contribution >= 4 is 17.5 Å². The lowest BCUT2D eigenvalue weighted by Gasteiger charge is -2.32. The molecule has 1 aromatic carbocycles. The third kappa shape index (κ3) is 2.93. The number of ether oxygens (including phenoxy) is 1. The molecule has 2 amide bonds. The van der Waals surface area contributed by atoms with E-state index < -0.39 is 6.10 Å². The predicted octanol–water partition coefficient (Wildman–Crippen LogP) is 2.11. The third-order valence-electron chi connectivity index (χ3n) is 4.53. The Kier molecular flexibility index (Phi) is 4.32. The molecule has 0 radical (unpaired) electrons. The molecular weight excluding hydrogens is 280 g/mol. The van der Waals surface area contributed by atoms with Crippen LogP contribution in [0.5, 0.6) is 5.75 Å². The monoisotopic (exact) mass is 302 g/mol. The van der Waals surface area contributed by atoms with Gasteiger partial charge in [-0.25, -0.2) is 0 Å². The molecule has 0 saturated heterocycles. The van der Waals surface area contributed by atoms with Crippen LogP contribution >= 0.6 is 0 Å². The summed E-state index contributed by atoms with van der Waals surface area (Å²) in [5.41, 5.74) is 0.791. The topological polar surface area (TPSA) is 58.6 Å². The van der Waals surface area contributed by atoms with Crippen molar-refractivity contribution in [3.63, 3.8) is 0 Å². The largest absolute Gasteiger partial charge is 0.478 e. The number of hydrogen-bond acceptors (Lipinski definition) is 3. The molecule has 0 aromatic heterocycles. The van der Waals surface area contributed by atoms with Crippen LogP contribution in [0.3, 0.4) is 0 Å². The Morgan fingerprint density at radius 2 is 2.05 bits per heavy atom. The molecule has 1 saturated carbocycles. The lowest BCUT2D eigenvalue weighted by molar-refractivity contribution is -0.128. The number of fused-ring (bicyclic) bond motifs is 1. The molecule has 22 heavy (non-hydrogen) atoms. The molecule has 1 N–H and O–H groups in total. The second kappa shape index (κ2) is 6.38. The second-order valence-electron chi connectivity index (χ2n) is 6.03.